The van der Waals surface area contributed by atoms with Crippen LogP contribution >= 0.6 is 0 Å². The Morgan fingerprint density at radius 3 is 2.67 bits per heavy atom. The van der Waals surface area contributed by atoms with Gasteiger partial charge in [0, 0.05) is 26.2 Å². The average molecular weight is 251 g/mol. The Labute approximate surface area is 108 Å². The first kappa shape index (κ1) is 13.1. The minimum atomic E-state index is 0.00751. The summed E-state index contributed by atoms with van der Waals surface area (Å²) in [5, 5.41) is 3.00. The molecule has 0 unspecified atom stereocenters. The summed E-state index contributed by atoms with van der Waals surface area (Å²) in [6.45, 7) is 7.32. The molecule has 18 heavy (non-hydrogen) atoms. The van der Waals surface area contributed by atoms with E-state index in [1.54, 1.807) is 6.07 Å². The van der Waals surface area contributed by atoms with Crippen LogP contribution in [0.1, 0.15) is 23.2 Å². The zero-order chi connectivity index (χ0) is 13.0. The van der Waals surface area contributed by atoms with Crippen LogP contribution in [0.2, 0.25) is 0 Å². The molecule has 1 aromatic heterocycles. The van der Waals surface area contributed by atoms with E-state index < -0.39 is 0 Å². The van der Waals surface area contributed by atoms with Crippen molar-refractivity contribution in [3.8, 4) is 0 Å². The van der Waals surface area contributed by atoms with Gasteiger partial charge in [0.15, 0.2) is 5.76 Å². The number of carbonyl (C=O) groups excluding carboxylic acids is 1. The Morgan fingerprint density at radius 1 is 1.33 bits per heavy atom. The van der Waals surface area contributed by atoms with Crippen molar-refractivity contribution in [1.29, 1.82) is 0 Å². The zero-order valence-corrected chi connectivity index (χ0v) is 11.1. The molecular weight excluding hydrogens is 230 g/mol. The van der Waals surface area contributed by atoms with Crippen molar-refractivity contribution in [3.05, 3.63) is 23.7 Å². The van der Waals surface area contributed by atoms with E-state index in [1.807, 2.05) is 18.0 Å². The van der Waals surface area contributed by atoms with E-state index in [0.717, 1.165) is 38.5 Å². The van der Waals surface area contributed by atoms with Crippen LogP contribution in [-0.2, 0) is 6.54 Å². The van der Waals surface area contributed by atoms with E-state index in [-0.39, 0.29) is 5.91 Å². The molecule has 1 N–H and O–H groups in total. The fourth-order valence-corrected chi connectivity index (χ4v) is 2.19. The molecule has 1 aromatic rings. The van der Waals surface area contributed by atoms with Crippen LogP contribution in [0.3, 0.4) is 0 Å². The molecule has 0 atom stereocenters. The Balaban J connectivity index is 1.94. The zero-order valence-electron chi connectivity index (χ0n) is 11.1. The summed E-state index contributed by atoms with van der Waals surface area (Å²) in [6, 6.07) is 3.62. The van der Waals surface area contributed by atoms with E-state index in [1.165, 1.54) is 0 Å². The number of piperazine rings is 1. The van der Waals surface area contributed by atoms with Gasteiger partial charge in [0.25, 0.3) is 5.91 Å². The molecule has 1 saturated heterocycles. The third-order valence-electron chi connectivity index (χ3n) is 3.33. The monoisotopic (exact) mass is 251 g/mol. The SMILES string of the molecule is CCN1CCN(C(=O)c2ccc(CNC)o2)CC1. The molecule has 0 aromatic carbocycles. The molecule has 5 heteroatoms. The largest absolute Gasteiger partial charge is 0.455 e. The lowest BCUT2D eigenvalue weighted by atomic mass is 10.3. The number of rotatable bonds is 4. The van der Waals surface area contributed by atoms with Gasteiger partial charge in [-0.25, -0.2) is 0 Å². The minimum absolute atomic E-state index is 0.00751. The normalized spacial score (nSPS) is 17.1. The smallest absolute Gasteiger partial charge is 0.289 e. The highest BCUT2D eigenvalue weighted by molar-refractivity contribution is 5.91. The van der Waals surface area contributed by atoms with Crippen LogP contribution in [0.4, 0.5) is 0 Å². The summed E-state index contributed by atoms with van der Waals surface area (Å²) in [5.74, 6) is 1.26. The second-order valence-corrected chi connectivity index (χ2v) is 4.52. The van der Waals surface area contributed by atoms with Gasteiger partial charge in [-0.15, -0.1) is 0 Å². The average Bonchev–Trinajstić information content (AvgIpc) is 2.87. The maximum absolute atomic E-state index is 12.2. The van der Waals surface area contributed by atoms with Crippen LogP contribution in [0, 0.1) is 0 Å². The lowest BCUT2D eigenvalue weighted by Gasteiger charge is -2.33. The lowest BCUT2D eigenvalue weighted by molar-refractivity contribution is 0.0610. The van der Waals surface area contributed by atoms with Gasteiger partial charge < -0.3 is 19.5 Å². The summed E-state index contributed by atoms with van der Waals surface area (Å²) < 4.78 is 5.52. The number of nitrogens with zero attached hydrogens (tertiary/aromatic N) is 2. The van der Waals surface area contributed by atoms with E-state index in [9.17, 15) is 4.79 Å². The molecule has 100 valence electrons. The van der Waals surface area contributed by atoms with Crippen molar-refractivity contribution < 1.29 is 9.21 Å². The summed E-state index contributed by atoms with van der Waals surface area (Å²) in [7, 11) is 1.86. The van der Waals surface area contributed by atoms with Gasteiger partial charge in [-0.05, 0) is 25.7 Å². The van der Waals surface area contributed by atoms with E-state index in [2.05, 4.69) is 17.1 Å². The van der Waals surface area contributed by atoms with Crippen LogP contribution in [-0.4, -0.2) is 55.5 Å². The molecule has 1 aliphatic heterocycles. The maximum Gasteiger partial charge on any atom is 0.289 e. The van der Waals surface area contributed by atoms with Crippen LogP contribution in [0.25, 0.3) is 0 Å². The fraction of sp³-hybridized carbons (Fsp3) is 0.615. The molecule has 1 aliphatic rings. The second-order valence-electron chi connectivity index (χ2n) is 4.52. The van der Waals surface area contributed by atoms with Crippen molar-refractivity contribution in [2.24, 2.45) is 0 Å². The Morgan fingerprint density at radius 2 is 2.06 bits per heavy atom. The predicted molar refractivity (Wildman–Crippen MR) is 69.5 cm³/mol. The van der Waals surface area contributed by atoms with Crippen molar-refractivity contribution in [2.75, 3.05) is 39.8 Å². The summed E-state index contributed by atoms with van der Waals surface area (Å²) in [6.07, 6.45) is 0. The van der Waals surface area contributed by atoms with Crippen LogP contribution in [0.5, 0.6) is 0 Å². The molecular formula is C13H21N3O2. The van der Waals surface area contributed by atoms with Crippen molar-refractivity contribution in [2.45, 2.75) is 13.5 Å². The molecule has 2 rings (SSSR count). The molecule has 2 heterocycles. The fourth-order valence-electron chi connectivity index (χ4n) is 2.19. The van der Waals surface area contributed by atoms with E-state index in [4.69, 9.17) is 4.42 Å². The standard InChI is InChI=1S/C13H21N3O2/c1-3-15-6-8-16(9-7-15)13(17)12-5-4-11(18-12)10-14-2/h4-5,14H,3,6-10H2,1-2H3. The van der Waals surface area contributed by atoms with E-state index >= 15 is 0 Å². The minimum Gasteiger partial charge on any atom is -0.455 e. The van der Waals surface area contributed by atoms with Gasteiger partial charge in [0.2, 0.25) is 0 Å². The van der Waals surface area contributed by atoms with Gasteiger partial charge in [0.1, 0.15) is 5.76 Å². The highest BCUT2D eigenvalue weighted by atomic mass is 16.4. The highest BCUT2D eigenvalue weighted by Gasteiger charge is 2.23. The topological polar surface area (TPSA) is 48.7 Å². The lowest BCUT2D eigenvalue weighted by Crippen LogP contribution is -2.48. The van der Waals surface area contributed by atoms with E-state index in [0.29, 0.717) is 12.3 Å². The molecule has 0 saturated carbocycles. The Hall–Kier alpha value is -1.33. The summed E-state index contributed by atoms with van der Waals surface area (Å²) >= 11 is 0. The summed E-state index contributed by atoms with van der Waals surface area (Å²) in [5.41, 5.74) is 0. The van der Waals surface area contributed by atoms with Crippen LogP contribution in [0.15, 0.2) is 16.5 Å². The van der Waals surface area contributed by atoms with Crippen molar-refractivity contribution in [1.82, 2.24) is 15.1 Å². The first-order valence-corrected chi connectivity index (χ1v) is 6.49. The third kappa shape index (κ3) is 2.91. The molecule has 0 aliphatic carbocycles. The molecule has 1 fully saturated rings. The molecule has 0 bridgehead atoms. The number of carbonyl (C=O) groups is 1. The number of hydrogen-bond acceptors (Lipinski definition) is 4. The van der Waals surface area contributed by atoms with Gasteiger partial charge in [-0.1, -0.05) is 6.92 Å². The second kappa shape index (κ2) is 6.02. The molecule has 5 nitrogen and oxygen atoms in total. The number of amides is 1. The molecule has 1 amide bonds. The van der Waals surface area contributed by atoms with Crippen molar-refractivity contribution >= 4 is 5.91 Å². The first-order valence-electron chi connectivity index (χ1n) is 6.49. The number of furan rings is 1. The molecule has 0 spiro atoms. The summed E-state index contributed by atoms with van der Waals surface area (Å²) in [4.78, 5) is 16.4. The van der Waals surface area contributed by atoms with Gasteiger partial charge in [-0.3, -0.25) is 4.79 Å². The number of nitrogens with one attached hydrogen (secondary N) is 1. The third-order valence-corrected chi connectivity index (χ3v) is 3.33. The van der Waals surface area contributed by atoms with Gasteiger partial charge in [0.05, 0.1) is 6.54 Å². The van der Waals surface area contributed by atoms with Gasteiger partial charge >= 0.3 is 0 Å². The quantitative estimate of drug-likeness (QED) is 0.859. The van der Waals surface area contributed by atoms with Gasteiger partial charge in [-0.2, -0.15) is 0 Å². The first-order chi connectivity index (χ1) is 8.74. The predicted octanol–water partition coefficient (Wildman–Crippen LogP) is 0.777. The molecule has 0 radical (unpaired) electrons. The Kier molecular flexibility index (Phi) is 4.38. The van der Waals surface area contributed by atoms with Crippen LogP contribution < -0.4 is 5.32 Å². The van der Waals surface area contributed by atoms with Crippen molar-refractivity contribution in [3.63, 3.8) is 0 Å². The maximum atomic E-state index is 12.2. The Bertz CT molecular complexity index is 395. The highest BCUT2D eigenvalue weighted by Crippen LogP contribution is 2.12. The number of likely N-dealkylation sites (N-methyl/N-ethyl adjacent to an activating group) is 1. The number of hydrogen-bond donors (Lipinski definition) is 1.